The van der Waals surface area contributed by atoms with E-state index in [4.69, 9.17) is 4.74 Å². The van der Waals surface area contributed by atoms with E-state index < -0.39 is 11.9 Å². The third-order valence-corrected chi connectivity index (χ3v) is 4.65. The van der Waals surface area contributed by atoms with Crippen molar-refractivity contribution in [1.82, 2.24) is 5.32 Å². The van der Waals surface area contributed by atoms with Crippen molar-refractivity contribution >= 4 is 34.8 Å². The maximum atomic E-state index is 12.1. The molecule has 0 bridgehead atoms. The Morgan fingerprint density at radius 2 is 1.61 bits per heavy atom. The van der Waals surface area contributed by atoms with Crippen molar-refractivity contribution in [2.45, 2.75) is 6.61 Å². The Bertz CT molecular complexity index is 938. The molecule has 1 aromatic heterocycles. The van der Waals surface area contributed by atoms with Crippen LogP contribution in [0.15, 0.2) is 72.1 Å². The van der Waals surface area contributed by atoms with Gasteiger partial charge in [-0.05, 0) is 41.3 Å². The Balaban J connectivity index is 1.45. The van der Waals surface area contributed by atoms with E-state index >= 15 is 0 Å². The molecule has 3 aromatic rings. The molecule has 0 saturated heterocycles. The normalized spacial score (nSPS) is 10.1. The number of ether oxygens (including phenoxy) is 1. The summed E-state index contributed by atoms with van der Waals surface area (Å²) >= 11 is 1.35. The van der Waals surface area contributed by atoms with Crippen LogP contribution in [-0.2, 0) is 16.1 Å². The zero-order valence-corrected chi connectivity index (χ0v) is 15.7. The van der Waals surface area contributed by atoms with Gasteiger partial charge in [-0.3, -0.25) is 14.4 Å². The molecule has 0 aliphatic rings. The summed E-state index contributed by atoms with van der Waals surface area (Å²) in [5.74, 6) is -1.11. The Kier molecular flexibility index (Phi) is 6.54. The number of anilines is 1. The number of esters is 1. The summed E-state index contributed by atoms with van der Waals surface area (Å²) in [5, 5.41) is 7.10. The van der Waals surface area contributed by atoms with Gasteiger partial charge >= 0.3 is 5.97 Å². The molecule has 2 amide bonds. The maximum absolute atomic E-state index is 12.1. The summed E-state index contributed by atoms with van der Waals surface area (Å²) in [4.78, 5) is 36.5. The summed E-state index contributed by atoms with van der Waals surface area (Å²) in [6, 6.07) is 19.3. The van der Waals surface area contributed by atoms with Crippen molar-refractivity contribution in [2.75, 3.05) is 11.9 Å². The monoisotopic (exact) mass is 394 g/mol. The fourth-order valence-corrected chi connectivity index (χ4v) is 2.97. The lowest BCUT2D eigenvalue weighted by Gasteiger charge is -2.08. The number of nitrogens with one attached hydrogen (secondary N) is 2. The minimum Gasteiger partial charge on any atom is -0.460 e. The van der Waals surface area contributed by atoms with Crippen LogP contribution in [0.5, 0.6) is 0 Å². The largest absolute Gasteiger partial charge is 0.460 e. The standard InChI is InChI=1S/C21H18N2O4S/c24-19(27-14-15-5-2-1-3-6-15)13-22-20(25)16-8-10-17(11-9-16)23-21(26)18-7-4-12-28-18/h1-12H,13-14H2,(H,22,25)(H,23,26). The van der Waals surface area contributed by atoms with Crippen LogP contribution in [0.4, 0.5) is 5.69 Å². The van der Waals surface area contributed by atoms with E-state index in [0.29, 0.717) is 16.1 Å². The smallest absolute Gasteiger partial charge is 0.325 e. The van der Waals surface area contributed by atoms with E-state index in [1.165, 1.54) is 11.3 Å². The van der Waals surface area contributed by atoms with Crippen LogP contribution in [0, 0.1) is 0 Å². The lowest BCUT2D eigenvalue weighted by molar-refractivity contribution is -0.143. The van der Waals surface area contributed by atoms with Gasteiger partial charge in [0.15, 0.2) is 0 Å². The number of hydrogen-bond donors (Lipinski definition) is 2. The molecule has 0 atom stereocenters. The number of carbonyl (C=O) groups is 3. The van der Waals surface area contributed by atoms with Crippen LogP contribution in [0.3, 0.4) is 0 Å². The van der Waals surface area contributed by atoms with E-state index in [-0.39, 0.29) is 19.1 Å². The molecule has 0 aliphatic carbocycles. The average Bonchev–Trinajstić information content (AvgIpc) is 3.27. The third-order valence-electron chi connectivity index (χ3n) is 3.79. The predicted molar refractivity (Wildman–Crippen MR) is 107 cm³/mol. The summed E-state index contributed by atoms with van der Waals surface area (Å²) in [6.07, 6.45) is 0. The molecule has 6 nitrogen and oxygen atoms in total. The van der Waals surface area contributed by atoms with E-state index in [1.807, 2.05) is 35.7 Å². The minimum absolute atomic E-state index is 0.161. The van der Waals surface area contributed by atoms with Crippen LogP contribution in [-0.4, -0.2) is 24.3 Å². The molecule has 0 spiro atoms. The van der Waals surface area contributed by atoms with Gasteiger partial charge in [0.25, 0.3) is 11.8 Å². The molecule has 3 rings (SSSR count). The van der Waals surface area contributed by atoms with E-state index in [1.54, 1.807) is 36.4 Å². The molecule has 1 heterocycles. The zero-order valence-electron chi connectivity index (χ0n) is 14.9. The second-order valence-corrected chi connectivity index (χ2v) is 6.79. The average molecular weight is 394 g/mol. The highest BCUT2D eigenvalue weighted by molar-refractivity contribution is 7.12. The lowest BCUT2D eigenvalue weighted by Crippen LogP contribution is -2.30. The molecule has 0 unspecified atom stereocenters. The summed E-state index contributed by atoms with van der Waals surface area (Å²) in [5.41, 5.74) is 1.84. The van der Waals surface area contributed by atoms with Crippen molar-refractivity contribution in [3.05, 3.63) is 88.1 Å². The van der Waals surface area contributed by atoms with Gasteiger partial charge in [0.05, 0.1) is 4.88 Å². The maximum Gasteiger partial charge on any atom is 0.325 e. The SMILES string of the molecule is O=C(CNC(=O)c1ccc(NC(=O)c2cccs2)cc1)OCc1ccccc1. The molecule has 2 aromatic carbocycles. The molecular formula is C21H18N2O4S. The number of rotatable bonds is 7. The van der Waals surface area contributed by atoms with E-state index in [0.717, 1.165) is 5.56 Å². The van der Waals surface area contributed by atoms with Gasteiger partial charge < -0.3 is 15.4 Å². The first-order valence-corrected chi connectivity index (χ1v) is 9.42. The van der Waals surface area contributed by atoms with Crippen molar-refractivity contribution in [2.24, 2.45) is 0 Å². The zero-order chi connectivity index (χ0) is 19.8. The minimum atomic E-state index is -0.517. The fourth-order valence-electron chi connectivity index (χ4n) is 2.35. The van der Waals surface area contributed by atoms with Gasteiger partial charge in [0.2, 0.25) is 0 Å². The number of benzene rings is 2. The highest BCUT2D eigenvalue weighted by Crippen LogP contribution is 2.14. The highest BCUT2D eigenvalue weighted by atomic mass is 32.1. The topological polar surface area (TPSA) is 84.5 Å². The van der Waals surface area contributed by atoms with Gasteiger partial charge in [0, 0.05) is 11.3 Å². The van der Waals surface area contributed by atoms with Crippen LogP contribution in [0.2, 0.25) is 0 Å². The molecule has 0 fully saturated rings. The second kappa shape index (κ2) is 9.48. The molecule has 142 valence electrons. The molecule has 0 aliphatic heterocycles. The highest BCUT2D eigenvalue weighted by Gasteiger charge is 2.10. The lowest BCUT2D eigenvalue weighted by atomic mass is 10.2. The van der Waals surface area contributed by atoms with Gasteiger partial charge in [0.1, 0.15) is 13.2 Å². The Morgan fingerprint density at radius 3 is 2.29 bits per heavy atom. The summed E-state index contributed by atoms with van der Waals surface area (Å²) in [6.45, 7) is -0.0588. The van der Waals surface area contributed by atoms with Crippen molar-refractivity contribution in [3.63, 3.8) is 0 Å². The number of thiophene rings is 1. The van der Waals surface area contributed by atoms with Crippen LogP contribution in [0.25, 0.3) is 0 Å². The second-order valence-electron chi connectivity index (χ2n) is 5.84. The molecule has 0 radical (unpaired) electrons. The Labute approximate surface area is 166 Å². The Hall–Kier alpha value is -3.45. The first kappa shape index (κ1) is 19.3. The predicted octanol–water partition coefficient (Wildman–Crippen LogP) is 3.47. The van der Waals surface area contributed by atoms with Crippen molar-refractivity contribution in [3.8, 4) is 0 Å². The van der Waals surface area contributed by atoms with Gasteiger partial charge in [-0.15, -0.1) is 11.3 Å². The fraction of sp³-hybridized carbons (Fsp3) is 0.0952. The third kappa shape index (κ3) is 5.52. The molecule has 7 heteroatoms. The molecule has 2 N–H and O–H groups in total. The van der Waals surface area contributed by atoms with Crippen LogP contribution >= 0.6 is 11.3 Å². The van der Waals surface area contributed by atoms with Gasteiger partial charge in [-0.1, -0.05) is 36.4 Å². The van der Waals surface area contributed by atoms with Gasteiger partial charge in [-0.2, -0.15) is 0 Å². The quantitative estimate of drug-likeness (QED) is 0.601. The van der Waals surface area contributed by atoms with Gasteiger partial charge in [-0.25, -0.2) is 0 Å². The first-order valence-electron chi connectivity index (χ1n) is 8.54. The summed E-state index contributed by atoms with van der Waals surface area (Å²) in [7, 11) is 0. The number of amides is 2. The van der Waals surface area contributed by atoms with Crippen LogP contribution in [0.1, 0.15) is 25.6 Å². The van der Waals surface area contributed by atoms with Crippen molar-refractivity contribution < 1.29 is 19.1 Å². The molecule has 0 saturated carbocycles. The van der Waals surface area contributed by atoms with E-state index in [2.05, 4.69) is 10.6 Å². The molecular weight excluding hydrogens is 376 g/mol. The number of carbonyl (C=O) groups excluding carboxylic acids is 3. The van der Waals surface area contributed by atoms with Crippen LogP contribution < -0.4 is 10.6 Å². The van der Waals surface area contributed by atoms with Crippen molar-refractivity contribution in [1.29, 1.82) is 0 Å². The van der Waals surface area contributed by atoms with E-state index in [9.17, 15) is 14.4 Å². The first-order chi connectivity index (χ1) is 13.6. The molecule has 28 heavy (non-hydrogen) atoms. The number of hydrogen-bond acceptors (Lipinski definition) is 5. The summed E-state index contributed by atoms with van der Waals surface area (Å²) < 4.78 is 5.11. The Morgan fingerprint density at radius 1 is 0.857 bits per heavy atom.